The van der Waals surface area contributed by atoms with E-state index in [1.54, 1.807) is 13.0 Å². The Bertz CT molecular complexity index is 733. The molecule has 1 aliphatic rings. The minimum absolute atomic E-state index is 0.202. The Hall–Kier alpha value is -2.17. The normalized spacial score (nSPS) is 14.9. The van der Waals surface area contributed by atoms with Crippen LogP contribution in [0.5, 0.6) is 0 Å². The Morgan fingerprint density at radius 2 is 2.27 bits per heavy atom. The molecule has 0 saturated carbocycles. The first kappa shape index (κ1) is 14.8. The zero-order chi connectivity index (χ0) is 15.5. The second-order valence-corrected chi connectivity index (χ2v) is 5.74. The number of hydrogen-bond donors (Lipinski definition) is 1. The van der Waals surface area contributed by atoms with E-state index in [4.69, 9.17) is 0 Å². The first-order chi connectivity index (χ1) is 10.6. The molecule has 0 bridgehead atoms. The van der Waals surface area contributed by atoms with Crippen molar-refractivity contribution in [2.24, 2.45) is 0 Å². The number of pyridine rings is 1. The highest BCUT2D eigenvalue weighted by Crippen LogP contribution is 2.19. The number of aryl methyl sites for hydroxylation is 1. The third kappa shape index (κ3) is 3.03. The summed E-state index contributed by atoms with van der Waals surface area (Å²) in [6.07, 6.45) is 9.26. The zero-order valence-corrected chi connectivity index (χ0v) is 12.7. The van der Waals surface area contributed by atoms with E-state index >= 15 is 0 Å². The summed E-state index contributed by atoms with van der Waals surface area (Å²) in [6, 6.07) is 2.92. The number of allylic oxidation sites excluding steroid dienone is 1. The van der Waals surface area contributed by atoms with Crippen LogP contribution < -0.4 is 5.32 Å². The standard InChI is InChI=1S/C17H20FN3O/c1-12-16(21-11-14(18)7-8-15(21)20-12)17(22)19-10-9-13-5-3-2-4-6-13/h5,7-8,11H,2-4,6,9-10H2,1H3,(H,19,22). The maximum Gasteiger partial charge on any atom is 0.270 e. The molecule has 0 saturated heterocycles. The predicted octanol–water partition coefficient (Wildman–Crippen LogP) is 3.40. The van der Waals surface area contributed by atoms with Crippen LogP contribution in [0.1, 0.15) is 48.3 Å². The van der Waals surface area contributed by atoms with Crippen LogP contribution in [0.4, 0.5) is 4.39 Å². The van der Waals surface area contributed by atoms with Crippen LogP contribution in [-0.2, 0) is 0 Å². The van der Waals surface area contributed by atoms with Gasteiger partial charge in [0.25, 0.3) is 5.91 Å². The van der Waals surface area contributed by atoms with Crippen molar-refractivity contribution in [3.63, 3.8) is 0 Å². The Balaban J connectivity index is 1.70. The van der Waals surface area contributed by atoms with E-state index in [9.17, 15) is 9.18 Å². The highest BCUT2D eigenvalue weighted by molar-refractivity contribution is 5.94. The maximum atomic E-state index is 13.4. The SMILES string of the molecule is Cc1nc2ccc(F)cn2c1C(=O)NCCC1=CCCCC1. The van der Waals surface area contributed by atoms with Crippen molar-refractivity contribution in [1.82, 2.24) is 14.7 Å². The van der Waals surface area contributed by atoms with Crippen LogP contribution in [0.2, 0.25) is 0 Å². The molecule has 0 atom stereocenters. The average molecular weight is 301 g/mol. The first-order valence-electron chi connectivity index (χ1n) is 7.75. The number of fused-ring (bicyclic) bond motifs is 1. The van der Waals surface area contributed by atoms with Crippen molar-refractivity contribution >= 4 is 11.6 Å². The molecule has 22 heavy (non-hydrogen) atoms. The average Bonchev–Trinajstić information content (AvgIpc) is 2.83. The number of carbonyl (C=O) groups excluding carboxylic acids is 1. The number of hydrogen-bond acceptors (Lipinski definition) is 2. The minimum Gasteiger partial charge on any atom is -0.350 e. The third-order valence-corrected chi connectivity index (χ3v) is 4.09. The predicted molar refractivity (Wildman–Crippen MR) is 83.4 cm³/mol. The summed E-state index contributed by atoms with van der Waals surface area (Å²) < 4.78 is 14.9. The molecule has 2 aromatic heterocycles. The molecule has 1 N–H and O–H groups in total. The first-order valence-corrected chi connectivity index (χ1v) is 7.75. The van der Waals surface area contributed by atoms with Crippen molar-refractivity contribution in [2.75, 3.05) is 6.54 Å². The lowest BCUT2D eigenvalue weighted by Gasteiger charge is -2.13. The molecule has 2 aromatic rings. The van der Waals surface area contributed by atoms with Gasteiger partial charge >= 0.3 is 0 Å². The summed E-state index contributed by atoms with van der Waals surface area (Å²) in [5.41, 5.74) is 3.03. The Morgan fingerprint density at radius 1 is 1.41 bits per heavy atom. The number of imidazole rings is 1. The second kappa shape index (κ2) is 6.30. The van der Waals surface area contributed by atoms with E-state index in [1.165, 1.54) is 35.1 Å². The molecule has 3 rings (SSSR count). The van der Waals surface area contributed by atoms with E-state index in [1.807, 2.05) is 0 Å². The number of carbonyl (C=O) groups is 1. The van der Waals surface area contributed by atoms with Crippen molar-refractivity contribution in [3.8, 4) is 0 Å². The molecule has 0 aromatic carbocycles. The summed E-state index contributed by atoms with van der Waals surface area (Å²) in [5.74, 6) is -0.585. The highest BCUT2D eigenvalue weighted by Gasteiger charge is 2.16. The van der Waals surface area contributed by atoms with Crippen molar-refractivity contribution in [3.05, 3.63) is 47.2 Å². The van der Waals surface area contributed by atoms with E-state index in [-0.39, 0.29) is 11.7 Å². The van der Waals surface area contributed by atoms with Gasteiger partial charge in [0.15, 0.2) is 0 Å². The molecule has 0 aliphatic heterocycles. The topological polar surface area (TPSA) is 46.4 Å². The van der Waals surface area contributed by atoms with Crippen molar-refractivity contribution in [2.45, 2.75) is 39.0 Å². The molecule has 5 heteroatoms. The monoisotopic (exact) mass is 301 g/mol. The Kier molecular flexibility index (Phi) is 4.22. The van der Waals surface area contributed by atoms with Gasteiger partial charge in [-0.2, -0.15) is 0 Å². The van der Waals surface area contributed by atoms with Crippen molar-refractivity contribution in [1.29, 1.82) is 0 Å². The van der Waals surface area contributed by atoms with Gasteiger partial charge in [0.2, 0.25) is 0 Å². The van der Waals surface area contributed by atoms with Gasteiger partial charge in [-0.1, -0.05) is 11.6 Å². The number of nitrogens with one attached hydrogen (secondary N) is 1. The van der Waals surface area contributed by atoms with Gasteiger partial charge in [-0.05, 0) is 51.2 Å². The quantitative estimate of drug-likeness (QED) is 0.880. The van der Waals surface area contributed by atoms with E-state index in [0.29, 0.717) is 23.6 Å². The molecule has 2 heterocycles. The molecule has 0 fully saturated rings. The van der Waals surface area contributed by atoms with Crippen LogP contribution >= 0.6 is 0 Å². The summed E-state index contributed by atoms with van der Waals surface area (Å²) >= 11 is 0. The number of aromatic nitrogens is 2. The van der Waals surface area contributed by atoms with Gasteiger partial charge in [0.1, 0.15) is 17.2 Å². The number of halogens is 1. The van der Waals surface area contributed by atoms with Gasteiger partial charge < -0.3 is 5.32 Å². The summed E-state index contributed by atoms with van der Waals surface area (Å²) in [5, 5.41) is 2.92. The highest BCUT2D eigenvalue weighted by atomic mass is 19.1. The Labute approximate surface area is 129 Å². The van der Waals surface area contributed by atoms with Gasteiger partial charge in [-0.15, -0.1) is 0 Å². The van der Waals surface area contributed by atoms with E-state index in [0.717, 1.165) is 19.3 Å². The van der Waals surface area contributed by atoms with Crippen molar-refractivity contribution < 1.29 is 9.18 Å². The molecular formula is C17H20FN3O. The molecular weight excluding hydrogens is 281 g/mol. The van der Waals surface area contributed by atoms with E-state index < -0.39 is 0 Å². The maximum absolute atomic E-state index is 13.4. The van der Waals surface area contributed by atoms with Gasteiger partial charge in [-0.3, -0.25) is 9.20 Å². The zero-order valence-electron chi connectivity index (χ0n) is 12.7. The molecule has 0 unspecified atom stereocenters. The molecule has 4 nitrogen and oxygen atoms in total. The lowest BCUT2D eigenvalue weighted by Crippen LogP contribution is -2.26. The number of nitrogens with zero attached hydrogens (tertiary/aromatic N) is 2. The smallest absolute Gasteiger partial charge is 0.270 e. The van der Waals surface area contributed by atoms with Crippen LogP contribution in [0.25, 0.3) is 5.65 Å². The van der Waals surface area contributed by atoms with Crippen LogP contribution in [0.3, 0.4) is 0 Å². The second-order valence-electron chi connectivity index (χ2n) is 5.74. The van der Waals surface area contributed by atoms with Crippen LogP contribution in [-0.4, -0.2) is 21.8 Å². The van der Waals surface area contributed by atoms with Crippen LogP contribution in [0.15, 0.2) is 30.0 Å². The summed E-state index contributed by atoms with van der Waals surface area (Å²) in [7, 11) is 0. The number of rotatable bonds is 4. The fraction of sp³-hybridized carbons (Fsp3) is 0.412. The third-order valence-electron chi connectivity index (χ3n) is 4.09. The lowest BCUT2D eigenvalue weighted by atomic mass is 9.97. The molecule has 116 valence electrons. The number of amides is 1. The van der Waals surface area contributed by atoms with E-state index in [2.05, 4.69) is 16.4 Å². The van der Waals surface area contributed by atoms with Gasteiger partial charge in [0, 0.05) is 12.7 Å². The van der Waals surface area contributed by atoms with Gasteiger partial charge in [0.05, 0.1) is 5.69 Å². The largest absolute Gasteiger partial charge is 0.350 e. The molecule has 1 aliphatic carbocycles. The summed E-state index contributed by atoms with van der Waals surface area (Å²) in [4.78, 5) is 16.7. The molecule has 0 spiro atoms. The molecule has 0 radical (unpaired) electrons. The Morgan fingerprint density at radius 3 is 3.05 bits per heavy atom. The van der Waals surface area contributed by atoms with Gasteiger partial charge in [-0.25, -0.2) is 9.37 Å². The fourth-order valence-corrected chi connectivity index (χ4v) is 2.96. The molecule has 1 amide bonds. The fourth-order valence-electron chi connectivity index (χ4n) is 2.96. The minimum atomic E-state index is -0.383. The van der Waals surface area contributed by atoms with Crippen LogP contribution in [0, 0.1) is 12.7 Å². The summed E-state index contributed by atoms with van der Waals surface area (Å²) in [6.45, 7) is 2.37. The lowest BCUT2D eigenvalue weighted by molar-refractivity contribution is 0.0947.